The molecule has 3 aromatic rings. The number of aldehydes is 1. The molecule has 0 fully saturated rings. The van der Waals surface area contributed by atoms with Crippen molar-refractivity contribution in [1.82, 2.24) is 14.8 Å². The van der Waals surface area contributed by atoms with Crippen LogP contribution in [0.4, 0.5) is 0 Å². The average molecular weight is 343 g/mol. The molecule has 0 amide bonds. The van der Waals surface area contributed by atoms with Crippen LogP contribution >= 0.6 is 11.3 Å². The zero-order valence-electron chi connectivity index (χ0n) is 13.3. The van der Waals surface area contributed by atoms with Gasteiger partial charge >= 0.3 is 0 Å². The number of nitrogens with zero attached hydrogens (tertiary/aromatic N) is 3. The van der Waals surface area contributed by atoms with E-state index in [4.69, 9.17) is 4.74 Å². The maximum absolute atomic E-state index is 11.1. The van der Waals surface area contributed by atoms with Crippen LogP contribution in [0.3, 0.4) is 0 Å². The molecule has 0 aliphatic heterocycles. The molecule has 6 nitrogen and oxygen atoms in total. The number of rotatable bonds is 6. The molecule has 0 saturated heterocycles. The average Bonchev–Trinajstić information content (AvgIpc) is 3.21. The third kappa shape index (κ3) is 3.03. The normalized spacial score (nSPS) is 11.0. The zero-order valence-corrected chi connectivity index (χ0v) is 14.2. The van der Waals surface area contributed by atoms with Gasteiger partial charge in [-0.1, -0.05) is 6.07 Å². The van der Waals surface area contributed by atoms with Gasteiger partial charge in [0.25, 0.3) is 0 Å². The van der Waals surface area contributed by atoms with Crippen LogP contribution in [-0.4, -0.2) is 26.2 Å². The lowest BCUT2D eigenvalue weighted by Crippen LogP contribution is -2.06. The Morgan fingerprint density at radius 3 is 2.96 bits per heavy atom. The first-order valence-corrected chi connectivity index (χ1v) is 8.36. The van der Waals surface area contributed by atoms with Gasteiger partial charge in [0, 0.05) is 12.2 Å². The summed E-state index contributed by atoms with van der Waals surface area (Å²) in [5, 5.41) is 14.0. The van der Waals surface area contributed by atoms with Crippen molar-refractivity contribution in [3.05, 3.63) is 46.4 Å². The van der Waals surface area contributed by atoms with Crippen molar-refractivity contribution < 1.29 is 14.6 Å². The summed E-state index contributed by atoms with van der Waals surface area (Å²) in [7, 11) is 0. The molecule has 0 aliphatic carbocycles. The quantitative estimate of drug-likeness (QED) is 0.691. The monoisotopic (exact) mass is 343 g/mol. The maximum Gasteiger partial charge on any atom is 0.157 e. The number of hydrogen-bond acceptors (Lipinski definition) is 6. The predicted molar refractivity (Wildman–Crippen MR) is 91.5 cm³/mol. The van der Waals surface area contributed by atoms with Gasteiger partial charge in [0.05, 0.1) is 21.6 Å². The third-order valence-electron chi connectivity index (χ3n) is 3.56. The van der Waals surface area contributed by atoms with E-state index in [1.807, 2.05) is 10.7 Å². The van der Waals surface area contributed by atoms with Gasteiger partial charge in [0.15, 0.2) is 6.29 Å². The summed E-state index contributed by atoms with van der Waals surface area (Å²) in [5.74, 6) is 0.256. The fourth-order valence-corrected chi connectivity index (χ4v) is 3.10. The topological polar surface area (TPSA) is 77.2 Å². The van der Waals surface area contributed by atoms with Gasteiger partial charge in [0.2, 0.25) is 0 Å². The Morgan fingerprint density at radius 1 is 1.38 bits per heavy atom. The number of carbonyl (C=O) groups is 1. The van der Waals surface area contributed by atoms with E-state index in [1.165, 1.54) is 17.4 Å². The van der Waals surface area contributed by atoms with E-state index in [0.717, 1.165) is 16.3 Å². The molecule has 0 spiro atoms. The Balaban J connectivity index is 1.86. The van der Waals surface area contributed by atoms with Crippen LogP contribution in [0.2, 0.25) is 0 Å². The van der Waals surface area contributed by atoms with Crippen molar-refractivity contribution in [3.63, 3.8) is 0 Å². The van der Waals surface area contributed by atoms with Crippen molar-refractivity contribution in [2.75, 3.05) is 0 Å². The lowest BCUT2D eigenvalue weighted by Gasteiger charge is -2.12. The molecule has 0 atom stereocenters. The molecule has 3 rings (SSSR count). The number of benzene rings is 1. The second-order valence-electron chi connectivity index (χ2n) is 5.47. The summed E-state index contributed by atoms with van der Waals surface area (Å²) in [4.78, 5) is 16.5. The van der Waals surface area contributed by atoms with Crippen molar-refractivity contribution >= 4 is 17.6 Å². The summed E-state index contributed by atoms with van der Waals surface area (Å²) < 4.78 is 7.65. The van der Waals surface area contributed by atoms with Crippen LogP contribution in [0, 0.1) is 0 Å². The fourth-order valence-electron chi connectivity index (χ4n) is 2.42. The molecule has 0 aliphatic rings. The molecule has 0 radical (unpaired) electrons. The summed E-state index contributed by atoms with van der Waals surface area (Å²) >= 11 is 1.48. The van der Waals surface area contributed by atoms with E-state index in [9.17, 15) is 9.90 Å². The zero-order chi connectivity index (χ0) is 17.1. The SMILES string of the molecule is CC(C)n1nccc1-c1ncsc1COc1cccc(O)c1C=O. The molecule has 0 unspecified atom stereocenters. The number of aromatic hydroxyl groups is 1. The Kier molecular flexibility index (Phi) is 4.61. The molecule has 2 aromatic heterocycles. The van der Waals surface area contributed by atoms with Crippen LogP contribution in [-0.2, 0) is 6.61 Å². The second kappa shape index (κ2) is 6.84. The first-order chi connectivity index (χ1) is 11.6. The van der Waals surface area contributed by atoms with E-state index in [2.05, 4.69) is 23.9 Å². The Hall–Kier alpha value is -2.67. The smallest absolute Gasteiger partial charge is 0.157 e. The number of thiazole rings is 1. The van der Waals surface area contributed by atoms with Gasteiger partial charge in [-0.25, -0.2) is 4.98 Å². The standard InChI is InChI=1S/C17H17N3O3S/c1-11(2)20-13(6-7-19-20)17-16(24-10-18-17)9-23-15-5-3-4-14(22)12(15)8-21/h3-8,10-11,22H,9H2,1-2H3. The summed E-state index contributed by atoms with van der Waals surface area (Å²) in [6, 6.07) is 6.89. The second-order valence-corrected chi connectivity index (χ2v) is 6.41. The summed E-state index contributed by atoms with van der Waals surface area (Å²) in [5.41, 5.74) is 3.65. The van der Waals surface area contributed by atoms with Crippen molar-refractivity contribution in [2.24, 2.45) is 0 Å². The van der Waals surface area contributed by atoms with Gasteiger partial charge in [-0.3, -0.25) is 9.48 Å². The highest BCUT2D eigenvalue weighted by atomic mass is 32.1. The Bertz CT molecular complexity index is 854. The number of aromatic nitrogens is 3. The van der Waals surface area contributed by atoms with E-state index in [0.29, 0.717) is 12.0 Å². The van der Waals surface area contributed by atoms with Crippen LogP contribution < -0.4 is 4.74 Å². The van der Waals surface area contributed by atoms with Crippen LogP contribution in [0.15, 0.2) is 36.0 Å². The first-order valence-electron chi connectivity index (χ1n) is 7.48. The molecule has 24 heavy (non-hydrogen) atoms. The molecule has 0 bridgehead atoms. The number of ether oxygens (including phenoxy) is 1. The number of hydrogen-bond donors (Lipinski definition) is 1. The van der Waals surface area contributed by atoms with Gasteiger partial charge in [-0.05, 0) is 32.0 Å². The maximum atomic E-state index is 11.1. The summed E-state index contributed by atoms with van der Waals surface area (Å²) in [6.45, 7) is 4.37. The van der Waals surface area contributed by atoms with Crippen LogP contribution in [0.1, 0.15) is 35.1 Å². The highest BCUT2D eigenvalue weighted by molar-refractivity contribution is 7.10. The van der Waals surface area contributed by atoms with Gasteiger partial charge in [-0.15, -0.1) is 11.3 Å². The molecular formula is C17H17N3O3S. The highest BCUT2D eigenvalue weighted by Gasteiger charge is 2.16. The van der Waals surface area contributed by atoms with Crippen molar-refractivity contribution in [1.29, 1.82) is 0 Å². The van der Waals surface area contributed by atoms with E-state index >= 15 is 0 Å². The molecule has 124 valence electrons. The Labute approximate surface area is 143 Å². The lowest BCUT2D eigenvalue weighted by molar-refractivity contribution is 0.111. The minimum atomic E-state index is -0.0927. The minimum absolute atomic E-state index is 0.0927. The van der Waals surface area contributed by atoms with Crippen molar-refractivity contribution in [2.45, 2.75) is 26.5 Å². The predicted octanol–water partition coefficient (Wildman–Crippen LogP) is 3.68. The molecule has 7 heteroatoms. The van der Waals surface area contributed by atoms with E-state index in [-0.39, 0.29) is 24.0 Å². The number of phenols is 1. The van der Waals surface area contributed by atoms with Crippen LogP contribution in [0.25, 0.3) is 11.4 Å². The molecule has 1 aromatic carbocycles. The molecule has 2 heterocycles. The molecule has 1 N–H and O–H groups in total. The third-order valence-corrected chi connectivity index (χ3v) is 4.37. The molecular weight excluding hydrogens is 326 g/mol. The lowest BCUT2D eigenvalue weighted by atomic mass is 10.2. The first kappa shape index (κ1) is 16.2. The number of carbonyl (C=O) groups excluding carboxylic acids is 1. The Morgan fingerprint density at radius 2 is 2.21 bits per heavy atom. The molecule has 0 saturated carbocycles. The van der Waals surface area contributed by atoms with Gasteiger partial charge in [-0.2, -0.15) is 5.10 Å². The van der Waals surface area contributed by atoms with E-state index in [1.54, 1.807) is 23.8 Å². The number of phenolic OH excluding ortho intramolecular Hbond substituents is 1. The van der Waals surface area contributed by atoms with Crippen LogP contribution in [0.5, 0.6) is 11.5 Å². The summed E-state index contributed by atoms with van der Waals surface area (Å²) in [6.07, 6.45) is 2.34. The minimum Gasteiger partial charge on any atom is -0.507 e. The van der Waals surface area contributed by atoms with Gasteiger partial charge in [0.1, 0.15) is 23.8 Å². The van der Waals surface area contributed by atoms with Crippen molar-refractivity contribution in [3.8, 4) is 22.9 Å². The fraction of sp³-hybridized carbons (Fsp3) is 0.235. The van der Waals surface area contributed by atoms with Gasteiger partial charge < -0.3 is 9.84 Å². The highest BCUT2D eigenvalue weighted by Crippen LogP contribution is 2.30. The largest absolute Gasteiger partial charge is 0.507 e. The van der Waals surface area contributed by atoms with E-state index < -0.39 is 0 Å².